The van der Waals surface area contributed by atoms with Crippen molar-refractivity contribution in [2.45, 2.75) is 11.8 Å². The number of benzene rings is 1. The maximum Gasteiger partial charge on any atom is 0.307 e. The number of nitro groups is 1. The summed E-state index contributed by atoms with van der Waals surface area (Å²) in [5.74, 6) is -3.44. The number of nitrogens with one attached hydrogen (secondary N) is 1. The largest absolute Gasteiger partial charge is 0.481 e. The molecule has 0 aromatic heterocycles. The maximum absolute atomic E-state index is 13.3. The summed E-state index contributed by atoms with van der Waals surface area (Å²) in [5, 5.41) is 19.0. The van der Waals surface area contributed by atoms with Crippen molar-refractivity contribution in [3.63, 3.8) is 0 Å². The second-order valence-corrected chi connectivity index (χ2v) is 5.73. The van der Waals surface area contributed by atoms with Gasteiger partial charge in [-0.3, -0.25) is 14.9 Å². The molecular weight excluding hydrogens is 295 g/mol. The van der Waals surface area contributed by atoms with Gasteiger partial charge in [0.25, 0.3) is 0 Å². The van der Waals surface area contributed by atoms with Crippen LogP contribution in [0.1, 0.15) is 6.92 Å². The van der Waals surface area contributed by atoms with Gasteiger partial charge in [-0.1, -0.05) is 6.92 Å². The Morgan fingerprint density at radius 2 is 2.15 bits per heavy atom. The molecular formula is C10H11FN2O6S. The molecule has 0 aliphatic heterocycles. The fourth-order valence-electron chi connectivity index (χ4n) is 1.21. The molecule has 8 nitrogen and oxygen atoms in total. The quantitative estimate of drug-likeness (QED) is 0.589. The van der Waals surface area contributed by atoms with Crippen LogP contribution in [0.25, 0.3) is 0 Å². The highest BCUT2D eigenvalue weighted by Crippen LogP contribution is 2.20. The first-order chi connectivity index (χ1) is 9.15. The normalized spacial score (nSPS) is 12.9. The lowest BCUT2D eigenvalue weighted by Gasteiger charge is -2.09. The zero-order valence-electron chi connectivity index (χ0n) is 10.2. The van der Waals surface area contributed by atoms with Crippen molar-refractivity contribution in [2.75, 3.05) is 6.54 Å². The number of sulfonamides is 1. The Kier molecular flexibility index (Phi) is 4.73. The number of carboxylic acids is 1. The number of carboxylic acid groups (broad SMARTS) is 1. The summed E-state index contributed by atoms with van der Waals surface area (Å²) in [6, 6.07) is 2.10. The molecule has 0 amide bonds. The molecule has 1 atom stereocenters. The van der Waals surface area contributed by atoms with E-state index < -0.39 is 43.2 Å². The molecule has 2 N–H and O–H groups in total. The Balaban J connectivity index is 2.96. The van der Waals surface area contributed by atoms with Crippen LogP contribution in [0.4, 0.5) is 10.1 Å². The van der Waals surface area contributed by atoms with E-state index in [2.05, 4.69) is 0 Å². The fraction of sp³-hybridized carbons (Fsp3) is 0.300. The smallest absolute Gasteiger partial charge is 0.307 e. The van der Waals surface area contributed by atoms with Gasteiger partial charge in [-0.2, -0.15) is 4.39 Å². The van der Waals surface area contributed by atoms with Crippen LogP contribution in [0.5, 0.6) is 0 Å². The molecule has 0 radical (unpaired) electrons. The molecule has 110 valence electrons. The van der Waals surface area contributed by atoms with Gasteiger partial charge >= 0.3 is 11.7 Å². The third-order valence-electron chi connectivity index (χ3n) is 2.43. The lowest BCUT2D eigenvalue weighted by Crippen LogP contribution is -2.31. The van der Waals surface area contributed by atoms with E-state index in [0.29, 0.717) is 6.07 Å². The van der Waals surface area contributed by atoms with Crippen molar-refractivity contribution >= 4 is 21.7 Å². The van der Waals surface area contributed by atoms with Crippen LogP contribution in [-0.4, -0.2) is 31.0 Å². The van der Waals surface area contributed by atoms with Crippen molar-refractivity contribution in [3.8, 4) is 0 Å². The summed E-state index contributed by atoms with van der Waals surface area (Å²) in [6.45, 7) is 0.914. The van der Waals surface area contributed by atoms with Crippen LogP contribution < -0.4 is 4.72 Å². The summed E-state index contributed by atoms with van der Waals surface area (Å²) in [4.78, 5) is 19.5. The topological polar surface area (TPSA) is 127 Å². The average molecular weight is 306 g/mol. The van der Waals surface area contributed by atoms with Gasteiger partial charge in [0, 0.05) is 18.7 Å². The molecule has 1 aromatic rings. The number of hydrogen-bond donors (Lipinski definition) is 2. The highest BCUT2D eigenvalue weighted by molar-refractivity contribution is 7.89. The predicted octanol–water partition coefficient (Wildman–Crippen LogP) is 0.733. The van der Waals surface area contributed by atoms with Gasteiger partial charge in [0.2, 0.25) is 15.8 Å². The zero-order valence-corrected chi connectivity index (χ0v) is 11.1. The fourth-order valence-corrected chi connectivity index (χ4v) is 2.35. The summed E-state index contributed by atoms with van der Waals surface area (Å²) >= 11 is 0. The average Bonchev–Trinajstić information content (AvgIpc) is 2.35. The van der Waals surface area contributed by atoms with Gasteiger partial charge in [0.15, 0.2) is 0 Å². The van der Waals surface area contributed by atoms with Crippen molar-refractivity contribution in [2.24, 2.45) is 5.92 Å². The van der Waals surface area contributed by atoms with E-state index in [0.717, 1.165) is 12.1 Å². The molecule has 0 bridgehead atoms. The Bertz CT molecular complexity index is 645. The number of halogens is 1. The monoisotopic (exact) mass is 306 g/mol. The minimum Gasteiger partial charge on any atom is -0.481 e. The highest BCUT2D eigenvalue weighted by atomic mass is 32.2. The summed E-state index contributed by atoms with van der Waals surface area (Å²) < 4.78 is 38.8. The van der Waals surface area contributed by atoms with Crippen LogP contribution in [0, 0.1) is 21.8 Å². The first-order valence-electron chi connectivity index (χ1n) is 5.31. The Labute approximate surface area is 113 Å². The van der Waals surface area contributed by atoms with Gasteiger partial charge in [0.1, 0.15) is 0 Å². The maximum atomic E-state index is 13.3. The standard InChI is InChI=1S/C10H11FN2O6S/c1-6(10(14)15)5-12-20(18,19)7-2-3-9(13(16)17)8(11)4-7/h2-4,6,12H,5H2,1H3,(H,14,15). The predicted molar refractivity (Wildman–Crippen MR) is 65.0 cm³/mol. The van der Waals surface area contributed by atoms with E-state index in [9.17, 15) is 27.7 Å². The van der Waals surface area contributed by atoms with Gasteiger partial charge in [-0.05, 0) is 6.07 Å². The zero-order chi connectivity index (χ0) is 15.5. The summed E-state index contributed by atoms with van der Waals surface area (Å²) in [6.07, 6.45) is 0. The van der Waals surface area contributed by atoms with Crippen molar-refractivity contribution in [3.05, 3.63) is 34.1 Å². The molecule has 0 saturated carbocycles. The van der Waals surface area contributed by atoms with Gasteiger partial charge in [-0.25, -0.2) is 13.1 Å². The van der Waals surface area contributed by atoms with E-state index in [1.807, 2.05) is 4.72 Å². The number of hydrogen-bond acceptors (Lipinski definition) is 5. The Morgan fingerprint density at radius 1 is 1.55 bits per heavy atom. The Hall–Kier alpha value is -2.07. The van der Waals surface area contributed by atoms with Gasteiger partial charge < -0.3 is 5.11 Å². The van der Waals surface area contributed by atoms with E-state index in [1.165, 1.54) is 6.92 Å². The number of nitrogens with zero attached hydrogens (tertiary/aromatic N) is 1. The number of nitro benzene ring substituents is 1. The lowest BCUT2D eigenvalue weighted by atomic mass is 10.2. The van der Waals surface area contributed by atoms with Crippen molar-refractivity contribution in [1.29, 1.82) is 0 Å². The second kappa shape index (κ2) is 5.92. The molecule has 1 aromatic carbocycles. The van der Waals surface area contributed by atoms with E-state index in [1.54, 1.807) is 0 Å². The molecule has 0 aliphatic rings. The number of carbonyl (C=O) groups is 1. The van der Waals surface area contributed by atoms with Crippen LogP contribution in [0.2, 0.25) is 0 Å². The Morgan fingerprint density at radius 3 is 2.60 bits per heavy atom. The third kappa shape index (κ3) is 3.71. The molecule has 1 rings (SSSR count). The van der Waals surface area contributed by atoms with Crippen LogP contribution in [0.3, 0.4) is 0 Å². The highest BCUT2D eigenvalue weighted by Gasteiger charge is 2.22. The van der Waals surface area contributed by atoms with Crippen LogP contribution in [-0.2, 0) is 14.8 Å². The first kappa shape index (κ1) is 16.0. The third-order valence-corrected chi connectivity index (χ3v) is 3.85. The molecule has 0 heterocycles. The van der Waals surface area contributed by atoms with E-state index in [4.69, 9.17) is 5.11 Å². The molecule has 0 spiro atoms. The van der Waals surface area contributed by atoms with Crippen molar-refractivity contribution < 1.29 is 27.6 Å². The lowest BCUT2D eigenvalue weighted by molar-refractivity contribution is -0.387. The number of rotatable bonds is 6. The molecule has 20 heavy (non-hydrogen) atoms. The van der Waals surface area contributed by atoms with Gasteiger partial charge in [-0.15, -0.1) is 0 Å². The summed E-state index contributed by atoms with van der Waals surface area (Å²) in [5.41, 5.74) is -0.845. The SMILES string of the molecule is CC(CNS(=O)(=O)c1ccc([N+](=O)[O-])c(F)c1)C(=O)O. The number of aliphatic carboxylic acids is 1. The molecule has 1 unspecified atom stereocenters. The minimum atomic E-state index is -4.13. The molecule has 0 aliphatic carbocycles. The van der Waals surface area contributed by atoms with Crippen molar-refractivity contribution in [1.82, 2.24) is 4.72 Å². The first-order valence-corrected chi connectivity index (χ1v) is 6.80. The van der Waals surface area contributed by atoms with Crippen LogP contribution >= 0.6 is 0 Å². The summed E-state index contributed by atoms with van der Waals surface area (Å²) in [7, 11) is -4.13. The molecule has 0 fully saturated rings. The molecule has 0 saturated heterocycles. The van der Waals surface area contributed by atoms with E-state index in [-0.39, 0.29) is 6.54 Å². The van der Waals surface area contributed by atoms with E-state index >= 15 is 0 Å². The molecule has 10 heteroatoms. The minimum absolute atomic E-state index is 0.379. The van der Waals surface area contributed by atoms with Crippen LogP contribution in [0.15, 0.2) is 23.1 Å². The second-order valence-electron chi connectivity index (χ2n) is 3.96. The van der Waals surface area contributed by atoms with Gasteiger partial charge in [0.05, 0.1) is 15.7 Å².